The van der Waals surface area contributed by atoms with Crippen molar-refractivity contribution in [2.24, 2.45) is 5.10 Å². The zero-order valence-corrected chi connectivity index (χ0v) is 22.4. The number of sulfonamides is 1. The Hall–Kier alpha value is -3.59. The highest BCUT2D eigenvalue weighted by atomic mass is 35.5. The molecule has 10 heteroatoms. The number of nitrogens with one attached hydrogen (secondary N) is 1. The number of hydrazone groups is 1. The third-order valence-electron chi connectivity index (χ3n) is 5.67. The summed E-state index contributed by atoms with van der Waals surface area (Å²) in [4.78, 5) is 12.9. The van der Waals surface area contributed by atoms with E-state index >= 15 is 0 Å². The van der Waals surface area contributed by atoms with Gasteiger partial charge in [-0.25, -0.2) is 13.8 Å². The van der Waals surface area contributed by atoms with Crippen molar-refractivity contribution in [3.05, 3.63) is 112 Å². The molecule has 4 rings (SSSR count). The van der Waals surface area contributed by atoms with E-state index in [1.807, 2.05) is 24.5 Å². The van der Waals surface area contributed by atoms with Crippen LogP contribution in [-0.2, 0) is 14.8 Å². The number of hydrogen-bond acceptors (Lipinski definition) is 4. The minimum absolute atomic E-state index is 0.0854. The summed E-state index contributed by atoms with van der Waals surface area (Å²) in [5, 5.41) is 5.18. The Kier molecular flexibility index (Phi) is 8.02. The molecule has 0 aliphatic rings. The van der Waals surface area contributed by atoms with E-state index in [9.17, 15) is 13.2 Å². The number of nitrogens with zero attached hydrogens (tertiary/aromatic N) is 3. The first-order valence-corrected chi connectivity index (χ1v) is 13.5. The summed E-state index contributed by atoms with van der Waals surface area (Å²) >= 11 is 12.5. The molecule has 1 heterocycles. The molecule has 3 aromatic carbocycles. The standard InChI is InChI=1S/C27H24Cl2N4O3S/c1-19-15-21(20(2)33(19)26-16-22(28)13-14-25(26)29)17-30-31-27(34)18-32(23-9-5-3-6-10-23)37(35,36)24-11-7-4-8-12-24/h3-17H,18H2,1-2H3,(H,31,34)/b30-17-. The van der Waals surface area contributed by atoms with Crippen LogP contribution >= 0.6 is 23.2 Å². The van der Waals surface area contributed by atoms with Gasteiger partial charge in [-0.1, -0.05) is 59.6 Å². The summed E-state index contributed by atoms with van der Waals surface area (Å²) in [6.45, 7) is 3.37. The van der Waals surface area contributed by atoms with E-state index in [1.54, 1.807) is 66.7 Å². The van der Waals surface area contributed by atoms with Crippen molar-refractivity contribution in [1.29, 1.82) is 0 Å². The zero-order valence-electron chi connectivity index (χ0n) is 20.1. The van der Waals surface area contributed by atoms with Gasteiger partial charge in [-0.15, -0.1) is 0 Å². The minimum atomic E-state index is -3.98. The van der Waals surface area contributed by atoms with Crippen LogP contribution in [0.4, 0.5) is 5.69 Å². The number of benzene rings is 3. The van der Waals surface area contributed by atoms with E-state index in [0.29, 0.717) is 15.7 Å². The third-order valence-corrected chi connectivity index (χ3v) is 8.02. The van der Waals surface area contributed by atoms with Crippen molar-refractivity contribution in [1.82, 2.24) is 9.99 Å². The second-order valence-electron chi connectivity index (χ2n) is 8.21. The molecule has 0 saturated heterocycles. The van der Waals surface area contributed by atoms with E-state index < -0.39 is 22.5 Å². The molecule has 4 aromatic rings. The first-order chi connectivity index (χ1) is 17.7. The van der Waals surface area contributed by atoms with E-state index in [1.165, 1.54) is 18.3 Å². The van der Waals surface area contributed by atoms with Crippen LogP contribution in [0.3, 0.4) is 0 Å². The molecule has 190 valence electrons. The van der Waals surface area contributed by atoms with E-state index in [2.05, 4.69) is 10.5 Å². The fourth-order valence-corrected chi connectivity index (χ4v) is 5.73. The molecule has 0 fully saturated rings. The Labute approximate surface area is 226 Å². The normalized spacial score (nSPS) is 11.6. The molecule has 1 aromatic heterocycles. The number of hydrogen-bond donors (Lipinski definition) is 1. The molecule has 1 amide bonds. The number of para-hydroxylation sites is 1. The minimum Gasteiger partial charge on any atom is -0.316 e. The number of carbonyl (C=O) groups is 1. The summed E-state index contributed by atoms with van der Waals surface area (Å²) in [6, 6.07) is 23.5. The van der Waals surface area contributed by atoms with Crippen LogP contribution in [0.15, 0.2) is 94.9 Å². The van der Waals surface area contributed by atoms with Gasteiger partial charge in [-0.05, 0) is 62.4 Å². The molecular formula is C27H24Cl2N4O3S. The molecule has 7 nitrogen and oxygen atoms in total. The van der Waals surface area contributed by atoms with Crippen LogP contribution in [0, 0.1) is 13.8 Å². The molecule has 1 N–H and O–H groups in total. The van der Waals surface area contributed by atoms with E-state index in [-0.39, 0.29) is 4.90 Å². The summed E-state index contributed by atoms with van der Waals surface area (Å²) in [7, 11) is -3.98. The van der Waals surface area contributed by atoms with Gasteiger partial charge >= 0.3 is 0 Å². The Morgan fingerprint density at radius 3 is 2.30 bits per heavy atom. The van der Waals surface area contributed by atoms with Gasteiger partial charge in [-0.2, -0.15) is 5.10 Å². The lowest BCUT2D eigenvalue weighted by Gasteiger charge is -2.23. The first-order valence-electron chi connectivity index (χ1n) is 11.3. The van der Waals surface area contributed by atoms with Gasteiger partial charge in [-0.3, -0.25) is 9.10 Å². The Morgan fingerprint density at radius 1 is 0.973 bits per heavy atom. The largest absolute Gasteiger partial charge is 0.316 e. The molecule has 0 radical (unpaired) electrons. The summed E-state index contributed by atoms with van der Waals surface area (Å²) < 4.78 is 29.6. The average molecular weight is 555 g/mol. The van der Waals surface area contributed by atoms with Crippen molar-refractivity contribution >= 4 is 51.0 Å². The van der Waals surface area contributed by atoms with Crippen molar-refractivity contribution < 1.29 is 13.2 Å². The summed E-state index contributed by atoms with van der Waals surface area (Å²) in [5.74, 6) is -0.591. The first kappa shape index (κ1) is 26.5. The van der Waals surface area contributed by atoms with Gasteiger partial charge in [0.1, 0.15) is 6.54 Å². The van der Waals surface area contributed by atoms with Crippen LogP contribution < -0.4 is 9.73 Å². The zero-order chi connectivity index (χ0) is 26.6. The lowest BCUT2D eigenvalue weighted by Crippen LogP contribution is -2.39. The molecule has 0 bridgehead atoms. The molecule has 0 spiro atoms. The highest BCUT2D eigenvalue weighted by Gasteiger charge is 2.27. The topological polar surface area (TPSA) is 83.8 Å². The van der Waals surface area contributed by atoms with Gasteiger partial charge in [0.2, 0.25) is 0 Å². The summed E-state index contributed by atoms with van der Waals surface area (Å²) in [6.07, 6.45) is 1.51. The second kappa shape index (κ2) is 11.2. The fraction of sp³-hybridized carbons (Fsp3) is 0.111. The smallest absolute Gasteiger partial charge is 0.264 e. The molecule has 0 unspecified atom stereocenters. The number of amides is 1. The number of aryl methyl sites for hydroxylation is 1. The predicted molar refractivity (Wildman–Crippen MR) is 148 cm³/mol. The predicted octanol–water partition coefficient (Wildman–Crippen LogP) is 5.75. The van der Waals surface area contributed by atoms with Gasteiger partial charge in [0.05, 0.1) is 27.5 Å². The molecule has 0 aliphatic heterocycles. The van der Waals surface area contributed by atoms with Crippen molar-refractivity contribution in [3.8, 4) is 5.69 Å². The van der Waals surface area contributed by atoms with Crippen LogP contribution in [0.1, 0.15) is 17.0 Å². The van der Waals surface area contributed by atoms with Crippen LogP contribution in [0.25, 0.3) is 5.69 Å². The maximum Gasteiger partial charge on any atom is 0.264 e. The lowest BCUT2D eigenvalue weighted by molar-refractivity contribution is -0.119. The Morgan fingerprint density at radius 2 is 1.62 bits per heavy atom. The van der Waals surface area contributed by atoms with Gasteiger partial charge < -0.3 is 4.57 Å². The van der Waals surface area contributed by atoms with Crippen molar-refractivity contribution in [2.75, 3.05) is 10.8 Å². The fourth-order valence-electron chi connectivity index (χ4n) is 3.91. The van der Waals surface area contributed by atoms with Crippen LogP contribution in [-0.4, -0.2) is 31.7 Å². The average Bonchev–Trinajstić information content (AvgIpc) is 3.17. The highest BCUT2D eigenvalue weighted by molar-refractivity contribution is 7.92. The molecule has 0 atom stereocenters. The highest BCUT2D eigenvalue weighted by Crippen LogP contribution is 2.28. The second-order valence-corrected chi connectivity index (χ2v) is 10.9. The number of aromatic nitrogens is 1. The number of carbonyl (C=O) groups excluding carboxylic acids is 1. The van der Waals surface area contributed by atoms with Crippen molar-refractivity contribution in [2.45, 2.75) is 18.7 Å². The van der Waals surface area contributed by atoms with E-state index in [0.717, 1.165) is 26.9 Å². The summed E-state index contributed by atoms with van der Waals surface area (Å²) in [5.41, 5.74) is 6.04. The maximum atomic E-state index is 13.3. The molecule has 0 aliphatic carbocycles. The SMILES string of the molecule is Cc1cc(/C=N\NC(=O)CN(c2ccccc2)S(=O)(=O)c2ccccc2)c(C)n1-c1cc(Cl)ccc1Cl. The van der Waals surface area contributed by atoms with Crippen LogP contribution in [0.5, 0.6) is 0 Å². The Balaban J connectivity index is 1.54. The van der Waals surface area contributed by atoms with E-state index in [4.69, 9.17) is 23.2 Å². The molecular weight excluding hydrogens is 531 g/mol. The quantitative estimate of drug-likeness (QED) is 0.222. The number of rotatable bonds is 8. The van der Waals surface area contributed by atoms with Crippen molar-refractivity contribution in [3.63, 3.8) is 0 Å². The number of anilines is 1. The molecule has 0 saturated carbocycles. The Bertz CT molecular complexity index is 1550. The van der Waals surface area contributed by atoms with Gasteiger partial charge in [0.25, 0.3) is 15.9 Å². The third kappa shape index (κ3) is 5.88. The monoisotopic (exact) mass is 554 g/mol. The maximum absolute atomic E-state index is 13.3. The van der Waals surface area contributed by atoms with Gasteiger partial charge in [0.15, 0.2) is 0 Å². The number of halogens is 2. The van der Waals surface area contributed by atoms with Gasteiger partial charge in [0, 0.05) is 22.0 Å². The molecule has 37 heavy (non-hydrogen) atoms. The lowest BCUT2D eigenvalue weighted by atomic mass is 10.2. The van der Waals surface area contributed by atoms with Crippen LogP contribution in [0.2, 0.25) is 10.0 Å².